The first-order valence-electron chi connectivity index (χ1n) is 10.1. The molecular weight excluding hydrogens is 352 g/mol. The van der Waals surface area contributed by atoms with Crippen LogP contribution < -0.4 is 4.74 Å². The predicted molar refractivity (Wildman–Crippen MR) is 107 cm³/mol. The second-order valence-corrected chi connectivity index (χ2v) is 7.82. The van der Waals surface area contributed by atoms with E-state index >= 15 is 0 Å². The number of methoxy groups -OCH3 is 1. The summed E-state index contributed by atoms with van der Waals surface area (Å²) in [6, 6.07) is 8.30. The highest BCUT2D eigenvalue weighted by Crippen LogP contribution is 2.27. The van der Waals surface area contributed by atoms with Gasteiger partial charge in [0, 0.05) is 57.2 Å². The molecule has 0 radical (unpaired) electrons. The zero-order valence-corrected chi connectivity index (χ0v) is 16.7. The van der Waals surface area contributed by atoms with Crippen LogP contribution >= 0.6 is 0 Å². The zero-order chi connectivity index (χ0) is 19.5. The second kappa shape index (κ2) is 8.27. The largest absolute Gasteiger partial charge is 0.497 e. The summed E-state index contributed by atoms with van der Waals surface area (Å²) < 4.78 is 5.35. The summed E-state index contributed by atoms with van der Waals surface area (Å²) in [5.74, 6) is 2.36. The van der Waals surface area contributed by atoms with Crippen molar-refractivity contribution in [2.75, 3.05) is 26.7 Å². The summed E-state index contributed by atoms with van der Waals surface area (Å²) in [5.41, 5.74) is 3.48. The van der Waals surface area contributed by atoms with Gasteiger partial charge in [0.05, 0.1) is 12.8 Å². The molecule has 3 heterocycles. The van der Waals surface area contributed by atoms with E-state index in [1.54, 1.807) is 14.0 Å². The number of carbonyl (C=O) groups is 1. The fourth-order valence-corrected chi connectivity index (χ4v) is 4.24. The van der Waals surface area contributed by atoms with Gasteiger partial charge in [-0.25, -0.2) is 9.97 Å². The van der Waals surface area contributed by atoms with Crippen molar-refractivity contribution in [1.29, 1.82) is 0 Å². The van der Waals surface area contributed by atoms with E-state index < -0.39 is 0 Å². The molecule has 28 heavy (non-hydrogen) atoms. The van der Waals surface area contributed by atoms with Crippen LogP contribution in [-0.4, -0.2) is 52.4 Å². The van der Waals surface area contributed by atoms with Crippen molar-refractivity contribution in [2.45, 2.75) is 45.2 Å². The maximum Gasteiger partial charge on any atom is 0.219 e. The van der Waals surface area contributed by atoms with E-state index in [2.05, 4.69) is 22.0 Å². The molecule has 1 amide bonds. The Kier molecular flexibility index (Phi) is 5.57. The van der Waals surface area contributed by atoms with Gasteiger partial charge in [-0.3, -0.25) is 9.69 Å². The minimum Gasteiger partial charge on any atom is -0.497 e. The van der Waals surface area contributed by atoms with Gasteiger partial charge in [-0.1, -0.05) is 12.1 Å². The second-order valence-electron chi connectivity index (χ2n) is 7.82. The lowest BCUT2D eigenvalue weighted by Gasteiger charge is -2.33. The molecule has 2 aromatic rings. The number of aromatic nitrogens is 2. The van der Waals surface area contributed by atoms with Crippen molar-refractivity contribution >= 4 is 5.91 Å². The Bertz CT molecular complexity index is 854. The van der Waals surface area contributed by atoms with Gasteiger partial charge in [-0.05, 0) is 37.1 Å². The van der Waals surface area contributed by atoms with Crippen molar-refractivity contribution in [2.24, 2.45) is 0 Å². The van der Waals surface area contributed by atoms with Crippen LogP contribution in [0, 0.1) is 0 Å². The van der Waals surface area contributed by atoms with Crippen molar-refractivity contribution in [3.63, 3.8) is 0 Å². The van der Waals surface area contributed by atoms with Crippen molar-refractivity contribution < 1.29 is 9.53 Å². The number of fused-ring (bicyclic) bond motifs is 1. The average molecular weight is 380 g/mol. The minimum absolute atomic E-state index is 0.121. The Balaban J connectivity index is 1.44. The number of ether oxygens (including phenoxy) is 1. The molecule has 4 rings (SSSR count). The molecule has 1 fully saturated rings. The zero-order valence-electron chi connectivity index (χ0n) is 16.7. The molecule has 0 N–H and O–H groups in total. The lowest BCUT2D eigenvalue weighted by Crippen LogP contribution is -2.36. The molecule has 1 atom stereocenters. The summed E-state index contributed by atoms with van der Waals surface area (Å²) in [6.07, 6.45) is 5.05. The lowest BCUT2D eigenvalue weighted by atomic mass is 9.96. The van der Waals surface area contributed by atoms with Crippen LogP contribution in [0.25, 0.3) is 0 Å². The third kappa shape index (κ3) is 4.17. The SMILES string of the molecule is COc1cccc(CN2CCC[C@H](c3ncc4c(n3)CCN(C(C)=O)C4)C2)c1. The number of benzene rings is 1. The standard InChI is InChI=1S/C22H28N4O2/c1-16(27)26-10-8-21-19(15-26)12-23-22(24-21)18-6-4-9-25(14-18)13-17-5-3-7-20(11-17)28-2/h3,5,7,11-12,18H,4,6,8-10,13-15H2,1-2H3/t18-/m0/s1. The van der Waals surface area contributed by atoms with Crippen molar-refractivity contribution in [1.82, 2.24) is 19.8 Å². The maximum atomic E-state index is 11.6. The first-order chi connectivity index (χ1) is 13.6. The van der Waals surface area contributed by atoms with E-state index in [9.17, 15) is 4.79 Å². The number of piperidine rings is 1. The number of likely N-dealkylation sites (tertiary alicyclic amines) is 1. The molecular formula is C22H28N4O2. The normalized spacial score (nSPS) is 19.9. The molecule has 0 aliphatic carbocycles. The molecule has 0 spiro atoms. The van der Waals surface area contributed by atoms with E-state index in [1.165, 1.54) is 5.56 Å². The van der Waals surface area contributed by atoms with Crippen molar-refractivity contribution in [3.8, 4) is 5.75 Å². The topological polar surface area (TPSA) is 58.6 Å². The van der Waals surface area contributed by atoms with E-state index in [-0.39, 0.29) is 5.91 Å². The molecule has 0 bridgehead atoms. The highest BCUT2D eigenvalue weighted by molar-refractivity contribution is 5.73. The van der Waals surface area contributed by atoms with Gasteiger partial charge >= 0.3 is 0 Å². The third-order valence-electron chi connectivity index (χ3n) is 5.81. The van der Waals surface area contributed by atoms with Crippen LogP contribution in [0.1, 0.15) is 48.3 Å². The smallest absolute Gasteiger partial charge is 0.219 e. The first-order valence-corrected chi connectivity index (χ1v) is 10.1. The van der Waals surface area contributed by atoms with Gasteiger partial charge in [0.1, 0.15) is 11.6 Å². The molecule has 6 nitrogen and oxygen atoms in total. The average Bonchev–Trinajstić information content (AvgIpc) is 2.73. The molecule has 0 saturated carbocycles. The maximum absolute atomic E-state index is 11.6. The number of hydrogen-bond acceptors (Lipinski definition) is 5. The number of nitrogens with zero attached hydrogens (tertiary/aromatic N) is 4. The van der Waals surface area contributed by atoms with Gasteiger partial charge in [0.2, 0.25) is 5.91 Å². The summed E-state index contributed by atoms with van der Waals surface area (Å²) >= 11 is 0. The van der Waals surface area contributed by atoms with E-state index in [4.69, 9.17) is 9.72 Å². The van der Waals surface area contributed by atoms with Gasteiger partial charge in [-0.15, -0.1) is 0 Å². The van der Waals surface area contributed by atoms with Crippen LogP contribution in [0.5, 0.6) is 5.75 Å². The fourth-order valence-electron chi connectivity index (χ4n) is 4.24. The Hall–Kier alpha value is -2.47. The van der Waals surface area contributed by atoms with E-state index in [0.29, 0.717) is 12.5 Å². The molecule has 1 aromatic heterocycles. The summed E-state index contributed by atoms with van der Waals surface area (Å²) in [4.78, 5) is 25.6. The molecule has 148 valence electrons. The van der Waals surface area contributed by atoms with Gasteiger partial charge in [0.25, 0.3) is 0 Å². The molecule has 2 aliphatic rings. The van der Waals surface area contributed by atoms with Gasteiger partial charge < -0.3 is 9.64 Å². The van der Waals surface area contributed by atoms with Crippen LogP contribution in [0.2, 0.25) is 0 Å². The Morgan fingerprint density at radius 3 is 3.04 bits per heavy atom. The highest BCUT2D eigenvalue weighted by Gasteiger charge is 2.26. The van der Waals surface area contributed by atoms with Gasteiger partial charge in [0.15, 0.2) is 0 Å². The molecule has 1 saturated heterocycles. The lowest BCUT2D eigenvalue weighted by molar-refractivity contribution is -0.129. The fraction of sp³-hybridized carbons (Fsp3) is 0.500. The van der Waals surface area contributed by atoms with Crippen molar-refractivity contribution in [3.05, 3.63) is 53.1 Å². The first kappa shape index (κ1) is 18.9. The monoisotopic (exact) mass is 380 g/mol. The summed E-state index contributed by atoms with van der Waals surface area (Å²) in [7, 11) is 1.71. The van der Waals surface area contributed by atoms with Crippen LogP contribution in [0.15, 0.2) is 30.5 Å². The number of amides is 1. The summed E-state index contributed by atoms with van der Waals surface area (Å²) in [5, 5.41) is 0. The number of carbonyl (C=O) groups excluding carboxylic acids is 1. The molecule has 1 aromatic carbocycles. The third-order valence-corrected chi connectivity index (χ3v) is 5.81. The summed E-state index contributed by atoms with van der Waals surface area (Å²) in [6.45, 7) is 6.02. The van der Waals surface area contributed by atoms with Gasteiger partial charge in [-0.2, -0.15) is 0 Å². The molecule has 0 unspecified atom stereocenters. The van der Waals surface area contributed by atoms with Crippen LogP contribution in [-0.2, 0) is 24.3 Å². The Morgan fingerprint density at radius 2 is 2.21 bits per heavy atom. The number of rotatable bonds is 4. The number of hydrogen-bond donors (Lipinski definition) is 0. The van der Waals surface area contributed by atoms with E-state index in [0.717, 1.165) is 68.3 Å². The Labute approximate surface area is 166 Å². The quantitative estimate of drug-likeness (QED) is 0.816. The Morgan fingerprint density at radius 1 is 1.32 bits per heavy atom. The van der Waals surface area contributed by atoms with Crippen LogP contribution in [0.4, 0.5) is 0 Å². The molecule has 6 heteroatoms. The predicted octanol–water partition coefficient (Wildman–Crippen LogP) is 2.77. The molecule has 2 aliphatic heterocycles. The minimum atomic E-state index is 0.121. The highest BCUT2D eigenvalue weighted by atomic mass is 16.5. The van der Waals surface area contributed by atoms with Crippen LogP contribution in [0.3, 0.4) is 0 Å². The van der Waals surface area contributed by atoms with E-state index in [1.807, 2.05) is 23.2 Å².